The highest BCUT2D eigenvalue weighted by Gasteiger charge is 2.26. The van der Waals surface area contributed by atoms with Gasteiger partial charge in [-0.2, -0.15) is 0 Å². The van der Waals surface area contributed by atoms with Crippen molar-refractivity contribution in [3.05, 3.63) is 65.5 Å². The van der Waals surface area contributed by atoms with E-state index in [-0.39, 0.29) is 6.10 Å². The van der Waals surface area contributed by atoms with Crippen molar-refractivity contribution in [3.63, 3.8) is 0 Å². The summed E-state index contributed by atoms with van der Waals surface area (Å²) in [5.41, 5.74) is 3.78. The molecule has 23 heavy (non-hydrogen) atoms. The van der Waals surface area contributed by atoms with E-state index in [1.54, 1.807) is 0 Å². The molecule has 0 radical (unpaired) electrons. The van der Waals surface area contributed by atoms with Crippen molar-refractivity contribution in [2.75, 3.05) is 19.6 Å². The minimum Gasteiger partial charge on any atom is -0.392 e. The number of rotatable bonds is 6. The number of β-amino-alcohol motifs (C(OH)–C–C–N with tert-alkyl or cyclic N) is 1. The fraction of sp³-hybridized carbons (Fsp3) is 0.450. The fourth-order valence-electron chi connectivity index (χ4n) is 3.39. The average molecular weight is 310 g/mol. The van der Waals surface area contributed by atoms with E-state index in [9.17, 15) is 5.11 Å². The second-order valence-electron chi connectivity index (χ2n) is 6.68. The zero-order valence-electron chi connectivity index (χ0n) is 13.9. The van der Waals surface area contributed by atoms with Crippen molar-refractivity contribution in [2.45, 2.75) is 38.2 Å². The molecule has 2 heterocycles. The first-order valence-electron chi connectivity index (χ1n) is 8.57. The van der Waals surface area contributed by atoms with Gasteiger partial charge in [-0.15, -0.1) is 0 Å². The highest BCUT2D eigenvalue weighted by Crippen LogP contribution is 2.26. The maximum atomic E-state index is 10.3. The molecule has 1 aromatic heterocycles. The largest absolute Gasteiger partial charge is 0.392 e. The molecule has 1 saturated heterocycles. The zero-order chi connectivity index (χ0) is 16.1. The number of hydrogen-bond acceptors (Lipinski definition) is 3. The molecule has 0 bridgehead atoms. The van der Waals surface area contributed by atoms with Gasteiger partial charge >= 0.3 is 0 Å². The Kier molecular flexibility index (Phi) is 5.42. The first-order chi connectivity index (χ1) is 11.2. The molecule has 3 nitrogen and oxygen atoms in total. The lowest BCUT2D eigenvalue weighted by molar-refractivity contribution is 0.117. The van der Waals surface area contributed by atoms with Crippen LogP contribution in [0.15, 0.2) is 48.7 Å². The van der Waals surface area contributed by atoms with E-state index in [4.69, 9.17) is 0 Å². The number of aryl methyl sites for hydroxylation is 2. The van der Waals surface area contributed by atoms with Crippen LogP contribution in [0.4, 0.5) is 0 Å². The summed E-state index contributed by atoms with van der Waals surface area (Å²) in [6, 6.07) is 14.6. The molecule has 1 N–H and O–H groups in total. The van der Waals surface area contributed by atoms with Crippen LogP contribution in [0.1, 0.15) is 35.6 Å². The van der Waals surface area contributed by atoms with E-state index in [1.165, 1.54) is 16.8 Å². The van der Waals surface area contributed by atoms with Crippen LogP contribution in [-0.2, 0) is 6.42 Å². The van der Waals surface area contributed by atoms with Crippen molar-refractivity contribution >= 4 is 0 Å². The molecular formula is C20H26N2O. The second-order valence-corrected chi connectivity index (χ2v) is 6.68. The van der Waals surface area contributed by atoms with Gasteiger partial charge in [-0.25, -0.2) is 0 Å². The van der Waals surface area contributed by atoms with E-state index in [0.29, 0.717) is 5.92 Å². The van der Waals surface area contributed by atoms with Crippen molar-refractivity contribution in [2.24, 2.45) is 0 Å². The summed E-state index contributed by atoms with van der Waals surface area (Å²) in [4.78, 5) is 6.90. The Bertz CT molecular complexity index is 614. The number of aliphatic hydroxyl groups excluding tert-OH is 1. The van der Waals surface area contributed by atoms with Crippen LogP contribution in [0.2, 0.25) is 0 Å². The molecule has 0 aliphatic carbocycles. The average Bonchev–Trinajstić information content (AvgIpc) is 3.02. The molecule has 3 rings (SSSR count). The number of aliphatic hydroxyl groups is 1. The maximum absolute atomic E-state index is 10.3. The van der Waals surface area contributed by atoms with Gasteiger partial charge in [-0.05, 0) is 56.0 Å². The van der Waals surface area contributed by atoms with E-state index < -0.39 is 0 Å². The molecule has 1 fully saturated rings. The summed E-state index contributed by atoms with van der Waals surface area (Å²) in [6.07, 6.45) is 4.57. The monoisotopic (exact) mass is 310 g/mol. The van der Waals surface area contributed by atoms with Crippen LogP contribution < -0.4 is 0 Å². The van der Waals surface area contributed by atoms with Crippen molar-refractivity contribution < 1.29 is 5.11 Å². The molecule has 0 saturated carbocycles. The van der Waals surface area contributed by atoms with Crippen molar-refractivity contribution in [1.82, 2.24) is 9.88 Å². The number of nitrogens with zero attached hydrogens (tertiary/aromatic N) is 2. The Morgan fingerprint density at radius 2 is 2.09 bits per heavy atom. The lowest BCUT2D eigenvalue weighted by Gasteiger charge is -2.20. The van der Waals surface area contributed by atoms with Crippen LogP contribution in [0, 0.1) is 6.92 Å². The number of hydrogen-bond donors (Lipinski definition) is 1. The summed E-state index contributed by atoms with van der Waals surface area (Å²) < 4.78 is 0. The standard InChI is InChI=1S/C20H26N2O/c1-16-9-11-21-20(13-16)18-10-12-22(14-18)15-19(23)8-7-17-5-3-2-4-6-17/h2-6,9,11,13,18-19,23H,7-8,10,12,14-15H2,1H3. The second kappa shape index (κ2) is 7.71. The van der Waals surface area contributed by atoms with Gasteiger partial charge in [0, 0.05) is 30.9 Å². The fourth-order valence-corrected chi connectivity index (χ4v) is 3.39. The van der Waals surface area contributed by atoms with E-state index in [2.05, 4.69) is 47.1 Å². The maximum Gasteiger partial charge on any atom is 0.0670 e. The van der Waals surface area contributed by atoms with Gasteiger partial charge in [-0.3, -0.25) is 4.98 Å². The molecule has 3 heteroatoms. The molecule has 0 amide bonds. The smallest absolute Gasteiger partial charge is 0.0670 e. The predicted molar refractivity (Wildman–Crippen MR) is 93.5 cm³/mol. The third-order valence-electron chi connectivity index (χ3n) is 4.71. The SMILES string of the molecule is Cc1ccnc(C2CCN(CC(O)CCc3ccccc3)C2)c1. The van der Waals surface area contributed by atoms with Crippen LogP contribution in [-0.4, -0.2) is 40.7 Å². The van der Waals surface area contributed by atoms with E-state index in [0.717, 1.165) is 38.9 Å². The number of benzene rings is 1. The van der Waals surface area contributed by atoms with Gasteiger partial charge in [-0.1, -0.05) is 30.3 Å². The molecule has 2 unspecified atom stereocenters. The molecule has 2 atom stereocenters. The van der Waals surface area contributed by atoms with Gasteiger partial charge in [0.1, 0.15) is 0 Å². The lowest BCUT2D eigenvalue weighted by atomic mass is 10.0. The summed E-state index contributed by atoms with van der Waals surface area (Å²) in [5.74, 6) is 0.510. The van der Waals surface area contributed by atoms with Crippen LogP contribution >= 0.6 is 0 Å². The Morgan fingerprint density at radius 3 is 2.87 bits per heavy atom. The molecule has 2 aromatic rings. The van der Waals surface area contributed by atoms with Gasteiger partial charge < -0.3 is 10.0 Å². The predicted octanol–water partition coefficient (Wildman–Crippen LogP) is 3.17. The highest BCUT2D eigenvalue weighted by molar-refractivity contribution is 5.19. The summed E-state index contributed by atoms with van der Waals surface area (Å²) in [6.45, 7) is 4.96. The van der Waals surface area contributed by atoms with Gasteiger partial charge in [0.25, 0.3) is 0 Å². The first kappa shape index (κ1) is 16.2. The summed E-state index contributed by atoms with van der Waals surface area (Å²) in [7, 11) is 0. The normalized spacial score (nSPS) is 19.8. The number of likely N-dealkylation sites (tertiary alicyclic amines) is 1. The topological polar surface area (TPSA) is 36.4 Å². The number of aromatic nitrogens is 1. The van der Waals surface area contributed by atoms with E-state index in [1.807, 2.05) is 18.3 Å². The third kappa shape index (κ3) is 4.63. The molecular weight excluding hydrogens is 284 g/mol. The Morgan fingerprint density at radius 1 is 1.26 bits per heavy atom. The highest BCUT2D eigenvalue weighted by atomic mass is 16.3. The lowest BCUT2D eigenvalue weighted by Crippen LogP contribution is -2.30. The van der Waals surface area contributed by atoms with Gasteiger partial charge in [0.15, 0.2) is 0 Å². The van der Waals surface area contributed by atoms with Crippen LogP contribution in [0.5, 0.6) is 0 Å². The van der Waals surface area contributed by atoms with Crippen molar-refractivity contribution in [3.8, 4) is 0 Å². The minimum atomic E-state index is -0.251. The van der Waals surface area contributed by atoms with Crippen molar-refractivity contribution in [1.29, 1.82) is 0 Å². The summed E-state index contributed by atoms with van der Waals surface area (Å²) >= 11 is 0. The molecule has 122 valence electrons. The van der Waals surface area contributed by atoms with Crippen LogP contribution in [0.3, 0.4) is 0 Å². The Hall–Kier alpha value is -1.71. The minimum absolute atomic E-state index is 0.251. The molecule has 0 spiro atoms. The van der Waals surface area contributed by atoms with Gasteiger partial charge in [0.05, 0.1) is 6.10 Å². The number of pyridine rings is 1. The molecule has 1 aliphatic rings. The first-order valence-corrected chi connectivity index (χ1v) is 8.57. The van der Waals surface area contributed by atoms with E-state index >= 15 is 0 Å². The third-order valence-corrected chi connectivity index (χ3v) is 4.71. The molecule has 1 aromatic carbocycles. The zero-order valence-corrected chi connectivity index (χ0v) is 13.9. The molecule has 1 aliphatic heterocycles. The quantitative estimate of drug-likeness (QED) is 0.890. The Labute approximate surface area is 139 Å². The summed E-state index contributed by atoms with van der Waals surface area (Å²) in [5, 5.41) is 10.3. The van der Waals surface area contributed by atoms with Crippen LogP contribution in [0.25, 0.3) is 0 Å². The van der Waals surface area contributed by atoms with Gasteiger partial charge in [0.2, 0.25) is 0 Å². The Balaban J connectivity index is 1.46.